The Morgan fingerprint density at radius 2 is 2.04 bits per heavy atom. The molecule has 0 bridgehead atoms. The maximum Gasteiger partial charge on any atom is 0.330 e. The Kier molecular flexibility index (Phi) is 4.78. The van der Waals surface area contributed by atoms with E-state index >= 15 is 0 Å². The van der Waals surface area contributed by atoms with Gasteiger partial charge in [-0.2, -0.15) is 0 Å². The number of rotatable bonds is 4. The normalized spacial score (nSPS) is 12.9. The Morgan fingerprint density at radius 3 is 2.61 bits per heavy atom. The summed E-state index contributed by atoms with van der Waals surface area (Å²) in [5.74, 6) is 0.267. The van der Waals surface area contributed by atoms with Crippen molar-refractivity contribution < 1.29 is 4.79 Å². The number of hydrogen-bond donors (Lipinski definition) is 2. The number of amides is 1. The van der Waals surface area contributed by atoms with Crippen LogP contribution in [0.15, 0.2) is 35.3 Å². The molecule has 5 nitrogen and oxygen atoms in total. The number of hydrogen-bond acceptors (Lipinski definition) is 2. The van der Waals surface area contributed by atoms with E-state index in [4.69, 9.17) is 0 Å². The fraction of sp³-hybridized carbons (Fsp3) is 0.444. The van der Waals surface area contributed by atoms with E-state index in [0.29, 0.717) is 12.1 Å². The van der Waals surface area contributed by atoms with Crippen LogP contribution < -0.4 is 11.0 Å². The average Bonchev–Trinajstić information content (AvgIpc) is 2.77. The van der Waals surface area contributed by atoms with Crippen LogP contribution in [0.1, 0.15) is 39.8 Å². The number of aryl methyl sites for hydroxylation is 1. The lowest BCUT2D eigenvalue weighted by Crippen LogP contribution is -2.24. The van der Waals surface area contributed by atoms with Gasteiger partial charge in [0.25, 0.3) is 0 Å². The van der Waals surface area contributed by atoms with Crippen molar-refractivity contribution in [2.45, 2.75) is 41.0 Å². The van der Waals surface area contributed by atoms with Crippen LogP contribution in [0.4, 0.5) is 5.69 Å². The number of H-pyrrole nitrogens is 1. The Labute approximate surface area is 136 Å². The van der Waals surface area contributed by atoms with Crippen LogP contribution >= 0.6 is 0 Å². The minimum Gasteiger partial charge on any atom is -0.326 e. The monoisotopic (exact) mass is 315 g/mol. The third-order valence-electron chi connectivity index (χ3n) is 4.32. The topological polar surface area (TPSA) is 66.9 Å². The lowest BCUT2D eigenvalue weighted by Gasteiger charge is -2.26. The smallest absolute Gasteiger partial charge is 0.326 e. The molecule has 2 aromatic rings. The summed E-state index contributed by atoms with van der Waals surface area (Å²) in [5, 5.41) is 2.92. The maximum atomic E-state index is 12.2. The highest BCUT2D eigenvalue weighted by Gasteiger charge is 2.22. The minimum atomic E-state index is -0.188. The number of anilines is 1. The molecule has 0 aliphatic carbocycles. The van der Waals surface area contributed by atoms with Crippen molar-refractivity contribution in [3.05, 3.63) is 46.6 Å². The molecule has 0 fully saturated rings. The predicted molar refractivity (Wildman–Crippen MR) is 93.0 cm³/mol. The van der Waals surface area contributed by atoms with Crippen molar-refractivity contribution in [2.75, 3.05) is 5.32 Å². The van der Waals surface area contributed by atoms with E-state index in [1.54, 1.807) is 10.8 Å². The molecule has 1 heterocycles. The first-order valence-corrected chi connectivity index (χ1v) is 7.86. The SMILES string of the molecule is Cc1c[nH]c(=O)n1-c1cccc(NC(=O)CC(C)C(C)(C)C)c1. The first kappa shape index (κ1) is 17.1. The summed E-state index contributed by atoms with van der Waals surface area (Å²) in [5.41, 5.74) is 2.15. The molecule has 1 aromatic heterocycles. The molecule has 0 spiro atoms. The fourth-order valence-corrected chi connectivity index (χ4v) is 2.30. The number of imidazole rings is 1. The van der Waals surface area contributed by atoms with Crippen molar-refractivity contribution in [3.8, 4) is 5.69 Å². The van der Waals surface area contributed by atoms with E-state index in [9.17, 15) is 9.59 Å². The summed E-state index contributed by atoms with van der Waals surface area (Å²) in [6, 6.07) is 7.31. The third-order valence-corrected chi connectivity index (χ3v) is 4.32. The molecule has 5 heteroatoms. The molecule has 0 aliphatic rings. The Morgan fingerprint density at radius 1 is 1.35 bits per heavy atom. The van der Waals surface area contributed by atoms with Gasteiger partial charge in [0.2, 0.25) is 5.91 Å². The van der Waals surface area contributed by atoms with Crippen molar-refractivity contribution in [1.29, 1.82) is 0 Å². The second kappa shape index (κ2) is 6.44. The number of benzene rings is 1. The standard InChI is InChI=1S/C18H25N3O2/c1-12(18(3,4)5)9-16(22)20-14-7-6-8-15(10-14)21-13(2)11-19-17(21)23/h6-8,10-12H,9H2,1-5H3,(H,19,23)(H,20,22). The zero-order valence-electron chi connectivity index (χ0n) is 14.4. The molecule has 0 saturated heterocycles. The largest absolute Gasteiger partial charge is 0.330 e. The van der Waals surface area contributed by atoms with Crippen LogP contribution in [0.25, 0.3) is 5.69 Å². The number of nitrogens with zero attached hydrogens (tertiary/aromatic N) is 1. The molecule has 23 heavy (non-hydrogen) atoms. The first-order valence-electron chi connectivity index (χ1n) is 7.86. The number of aromatic amines is 1. The van der Waals surface area contributed by atoms with Gasteiger partial charge in [0.05, 0.1) is 5.69 Å². The summed E-state index contributed by atoms with van der Waals surface area (Å²) in [7, 11) is 0. The minimum absolute atomic E-state index is 0.0114. The van der Waals surface area contributed by atoms with E-state index < -0.39 is 0 Å². The number of nitrogens with one attached hydrogen (secondary N) is 2. The van der Waals surface area contributed by atoms with E-state index in [1.165, 1.54) is 0 Å². The van der Waals surface area contributed by atoms with Gasteiger partial charge in [-0.05, 0) is 36.5 Å². The van der Waals surface area contributed by atoms with Crippen LogP contribution in [-0.2, 0) is 4.79 Å². The summed E-state index contributed by atoms with van der Waals surface area (Å²) in [6.45, 7) is 10.3. The van der Waals surface area contributed by atoms with Gasteiger partial charge in [-0.3, -0.25) is 9.36 Å². The van der Waals surface area contributed by atoms with Gasteiger partial charge >= 0.3 is 5.69 Å². The van der Waals surface area contributed by atoms with Gasteiger partial charge in [0, 0.05) is 24.0 Å². The lowest BCUT2D eigenvalue weighted by molar-refractivity contribution is -0.117. The molecule has 0 aliphatic heterocycles. The van der Waals surface area contributed by atoms with Gasteiger partial charge in [-0.1, -0.05) is 33.8 Å². The third kappa shape index (κ3) is 4.12. The lowest BCUT2D eigenvalue weighted by atomic mass is 9.80. The predicted octanol–water partition coefficient (Wildman–Crippen LogP) is 3.48. The van der Waals surface area contributed by atoms with Gasteiger partial charge < -0.3 is 10.3 Å². The van der Waals surface area contributed by atoms with Crippen LogP contribution in [0.2, 0.25) is 0 Å². The summed E-state index contributed by atoms with van der Waals surface area (Å²) >= 11 is 0. The van der Waals surface area contributed by atoms with Crippen LogP contribution in [0.5, 0.6) is 0 Å². The molecule has 1 amide bonds. The van der Waals surface area contributed by atoms with Crippen LogP contribution in [0.3, 0.4) is 0 Å². The molecule has 1 unspecified atom stereocenters. The highest BCUT2D eigenvalue weighted by Crippen LogP contribution is 2.28. The molecule has 124 valence electrons. The number of carbonyl (C=O) groups excluding carboxylic acids is 1. The molecule has 2 N–H and O–H groups in total. The summed E-state index contributed by atoms with van der Waals surface area (Å²) in [4.78, 5) is 26.7. The van der Waals surface area contributed by atoms with Crippen molar-refractivity contribution in [1.82, 2.24) is 9.55 Å². The highest BCUT2D eigenvalue weighted by molar-refractivity contribution is 5.91. The summed E-state index contributed by atoms with van der Waals surface area (Å²) in [6.07, 6.45) is 2.13. The van der Waals surface area contributed by atoms with E-state index in [0.717, 1.165) is 11.4 Å². The number of carbonyl (C=O) groups is 1. The Hall–Kier alpha value is -2.30. The molecular weight excluding hydrogens is 290 g/mol. The van der Waals surface area contributed by atoms with Crippen LogP contribution in [-0.4, -0.2) is 15.5 Å². The number of aromatic nitrogens is 2. The molecule has 0 saturated carbocycles. The molecule has 1 atom stereocenters. The van der Waals surface area contributed by atoms with E-state index in [2.05, 4.69) is 38.0 Å². The zero-order valence-corrected chi connectivity index (χ0v) is 14.4. The average molecular weight is 315 g/mol. The quantitative estimate of drug-likeness (QED) is 0.907. The van der Waals surface area contributed by atoms with E-state index in [1.807, 2.05) is 31.2 Å². The van der Waals surface area contributed by atoms with Crippen molar-refractivity contribution >= 4 is 11.6 Å². The van der Waals surface area contributed by atoms with Crippen LogP contribution in [0, 0.1) is 18.3 Å². The molecule has 0 radical (unpaired) electrons. The van der Waals surface area contributed by atoms with Crippen molar-refractivity contribution in [3.63, 3.8) is 0 Å². The molecule has 1 aromatic carbocycles. The van der Waals surface area contributed by atoms with Crippen molar-refractivity contribution in [2.24, 2.45) is 11.3 Å². The molecule has 2 rings (SSSR count). The fourth-order valence-electron chi connectivity index (χ4n) is 2.30. The second-order valence-electron chi connectivity index (χ2n) is 7.14. The molecular formula is C18H25N3O2. The second-order valence-corrected chi connectivity index (χ2v) is 7.14. The zero-order chi connectivity index (χ0) is 17.2. The van der Waals surface area contributed by atoms with Gasteiger partial charge in [-0.15, -0.1) is 0 Å². The highest BCUT2D eigenvalue weighted by atomic mass is 16.2. The maximum absolute atomic E-state index is 12.2. The first-order chi connectivity index (χ1) is 10.7. The van der Waals surface area contributed by atoms with Gasteiger partial charge in [0.1, 0.15) is 0 Å². The van der Waals surface area contributed by atoms with Gasteiger partial charge in [-0.25, -0.2) is 4.79 Å². The van der Waals surface area contributed by atoms with Gasteiger partial charge in [0.15, 0.2) is 0 Å². The summed E-state index contributed by atoms with van der Waals surface area (Å²) < 4.78 is 1.58. The van der Waals surface area contributed by atoms with E-state index in [-0.39, 0.29) is 22.9 Å². The Bertz CT molecular complexity index is 750. The Balaban J connectivity index is 2.15.